The predicted molar refractivity (Wildman–Crippen MR) is 151 cm³/mol. The summed E-state index contributed by atoms with van der Waals surface area (Å²) >= 11 is 1.54. The molecule has 0 fully saturated rings. The van der Waals surface area contributed by atoms with Gasteiger partial charge in [0.05, 0.1) is 5.75 Å². The third kappa shape index (κ3) is 9.36. The van der Waals surface area contributed by atoms with Crippen molar-refractivity contribution >= 4 is 23.6 Å². The number of thioether (sulfide) groups is 1. The molecule has 0 bridgehead atoms. The molecule has 0 aliphatic rings. The van der Waals surface area contributed by atoms with Gasteiger partial charge in [-0.25, -0.2) is 4.39 Å². The van der Waals surface area contributed by atoms with Crippen LogP contribution in [-0.2, 0) is 28.3 Å². The van der Waals surface area contributed by atoms with Crippen molar-refractivity contribution in [1.29, 1.82) is 0 Å². The van der Waals surface area contributed by atoms with E-state index in [0.717, 1.165) is 11.1 Å². The molecule has 0 saturated carbocycles. The van der Waals surface area contributed by atoms with Gasteiger partial charge in [-0.15, -0.1) is 11.8 Å². The van der Waals surface area contributed by atoms with Gasteiger partial charge in [0, 0.05) is 25.3 Å². The van der Waals surface area contributed by atoms with Crippen LogP contribution in [0.25, 0.3) is 0 Å². The van der Waals surface area contributed by atoms with Crippen LogP contribution >= 0.6 is 11.8 Å². The second-order valence-corrected chi connectivity index (χ2v) is 11.0. The van der Waals surface area contributed by atoms with E-state index in [1.54, 1.807) is 28.8 Å². The number of nitrogens with one attached hydrogen (secondary N) is 1. The molecule has 3 aromatic rings. The lowest BCUT2D eigenvalue weighted by atomic mass is 10.0. The van der Waals surface area contributed by atoms with Crippen LogP contribution in [0.4, 0.5) is 4.39 Å². The largest absolute Gasteiger partial charge is 0.354 e. The molecule has 1 N–H and O–H groups in total. The van der Waals surface area contributed by atoms with Crippen molar-refractivity contribution in [3.63, 3.8) is 0 Å². The summed E-state index contributed by atoms with van der Waals surface area (Å²) in [4.78, 5) is 28.8. The first-order valence-corrected chi connectivity index (χ1v) is 13.9. The summed E-state index contributed by atoms with van der Waals surface area (Å²) in [5.74, 6) is 0.627. The Labute approximate surface area is 224 Å². The maximum Gasteiger partial charge on any atom is 0.243 e. The molecule has 0 heterocycles. The number of nitrogens with zero attached hydrogens (tertiary/aromatic N) is 1. The average Bonchev–Trinajstić information content (AvgIpc) is 2.85. The Morgan fingerprint density at radius 1 is 0.892 bits per heavy atom. The molecular weight excluding hydrogens is 483 g/mol. The number of hydrogen-bond donors (Lipinski definition) is 1. The maximum absolute atomic E-state index is 13.7. The Bertz CT molecular complexity index is 1150. The van der Waals surface area contributed by atoms with Crippen LogP contribution in [0.15, 0.2) is 72.8 Å². The number of halogens is 1. The minimum Gasteiger partial charge on any atom is -0.354 e. The summed E-state index contributed by atoms with van der Waals surface area (Å²) < 4.78 is 13.6. The highest BCUT2D eigenvalue weighted by atomic mass is 32.2. The second-order valence-electron chi connectivity index (χ2n) is 9.98. The minimum absolute atomic E-state index is 0.112. The molecule has 4 nitrogen and oxygen atoms in total. The first-order chi connectivity index (χ1) is 17.7. The fourth-order valence-electron chi connectivity index (χ4n) is 4.25. The van der Waals surface area contributed by atoms with E-state index in [2.05, 4.69) is 37.4 Å². The first kappa shape index (κ1) is 28.5. The third-order valence-electron chi connectivity index (χ3n) is 6.00. The standard InChI is InChI=1S/C31H37FN2O2S/c1-22(2)18-33-31(36)29(17-25-8-6-5-7-9-25)34(19-26-10-12-28(32)13-11-26)30(35)21-37-20-27-15-23(3)14-24(4)16-27/h5-16,22,29H,17-21H2,1-4H3,(H,33,36)/t29-/m1/s1. The number of benzene rings is 3. The Morgan fingerprint density at radius 3 is 2.16 bits per heavy atom. The smallest absolute Gasteiger partial charge is 0.243 e. The van der Waals surface area contributed by atoms with E-state index in [9.17, 15) is 14.0 Å². The predicted octanol–water partition coefficient (Wildman–Crippen LogP) is 6.09. The van der Waals surface area contributed by atoms with Gasteiger partial charge in [-0.05, 0) is 48.6 Å². The molecule has 1 atom stereocenters. The topological polar surface area (TPSA) is 49.4 Å². The second kappa shape index (κ2) is 14.0. The third-order valence-corrected chi connectivity index (χ3v) is 6.99. The molecule has 196 valence electrons. The highest BCUT2D eigenvalue weighted by molar-refractivity contribution is 7.99. The molecule has 0 saturated heterocycles. The van der Waals surface area contributed by atoms with Crippen LogP contribution in [0, 0.1) is 25.6 Å². The van der Waals surface area contributed by atoms with Gasteiger partial charge < -0.3 is 10.2 Å². The number of aryl methyl sites for hydroxylation is 2. The summed E-state index contributed by atoms with van der Waals surface area (Å²) in [6, 6.07) is 21.6. The highest BCUT2D eigenvalue weighted by Crippen LogP contribution is 2.20. The molecule has 3 rings (SSSR count). The summed E-state index contributed by atoms with van der Waals surface area (Å²) in [7, 11) is 0. The molecule has 0 aliphatic carbocycles. The Kier molecular flexibility index (Phi) is 10.8. The molecule has 0 unspecified atom stereocenters. The van der Waals surface area contributed by atoms with Crippen LogP contribution in [0.5, 0.6) is 0 Å². The molecule has 0 aliphatic heterocycles. The maximum atomic E-state index is 13.7. The van der Waals surface area contributed by atoms with E-state index >= 15 is 0 Å². The summed E-state index contributed by atoms with van der Waals surface area (Å²) in [6.07, 6.45) is 0.402. The molecule has 3 aromatic carbocycles. The Hall–Kier alpha value is -3.12. The molecule has 37 heavy (non-hydrogen) atoms. The SMILES string of the molecule is Cc1cc(C)cc(CSCC(=O)N(Cc2ccc(F)cc2)[C@H](Cc2ccccc2)C(=O)NCC(C)C)c1. The minimum atomic E-state index is -0.680. The molecule has 0 spiro atoms. The van der Waals surface area contributed by atoms with Gasteiger partial charge in [0.2, 0.25) is 11.8 Å². The average molecular weight is 521 g/mol. The van der Waals surface area contributed by atoms with Crippen LogP contribution in [-0.4, -0.2) is 35.1 Å². The summed E-state index contributed by atoms with van der Waals surface area (Å²) in [5, 5.41) is 3.03. The summed E-state index contributed by atoms with van der Waals surface area (Å²) in [5.41, 5.74) is 5.33. The zero-order chi connectivity index (χ0) is 26.8. The van der Waals surface area contributed by atoms with Crippen LogP contribution in [0.1, 0.15) is 41.7 Å². The van der Waals surface area contributed by atoms with E-state index in [1.807, 2.05) is 44.2 Å². The molecule has 0 aromatic heterocycles. The fraction of sp³-hybridized carbons (Fsp3) is 0.355. The van der Waals surface area contributed by atoms with Gasteiger partial charge in [-0.3, -0.25) is 9.59 Å². The van der Waals surface area contributed by atoms with Crippen LogP contribution in [0.3, 0.4) is 0 Å². The number of hydrogen-bond acceptors (Lipinski definition) is 3. The van der Waals surface area contributed by atoms with Crippen molar-refractivity contribution < 1.29 is 14.0 Å². The van der Waals surface area contributed by atoms with Crippen molar-refractivity contribution in [2.45, 2.75) is 52.5 Å². The van der Waals surface area contributed by atoms with Crippen molar-refractivity contribution in [2.75, 3.05) is 12.3 Å². The van der Waals surface area contributed by atoms with E-state index < -0.39 is 6.04 Å². The molecule has 2 amide bonds. The van der Waals surface area contributed by atoms with Crippen molar-refractivity contribution in [3.05, 3.63) is 106 Å². The zero-order valence-electron chi connectivity index (χ0n) is 22.2. The van der Waals surface area contributed by atoms with E-state index in [-0.39, 0.29) is 35.8 Å². The van der Waals surface area contributed by atoms with Crippen molar-refractivity contribution in [2.24, 2.45) is 5.92 Å². The Morgan fingerprint density at radius 2 is 1.54 bits per heavy atom. The number of rotatable bonds is 12. The Balaban J connectivity index is 1.84. The van der Waals surface area contributed by atoms with Crippen molar-refractivity contribution in [3.8, 4) is 0 Å². The fourth-order valence-corrected chi connectivity index (χ4v) is 5.10. The lowest BCUT2D eigenvalue weighted by Crippen LogP contribution is -2.51. The van der Waals surface area contributed by atoms with Gasteiger partial charge in [-0.2, -0.15) is 0 Å². The van der Waals surface area contributed by atoms with Gasteiger partial charge >= 0.3 is 0 Å². The van der Waals surface area contributed by atoms with Gasteiger partial charge in [-0.1, -0.05) is 85.6 Å². The van der Waals surface area contributed by atoms with E-state index in [1.165, 1.54) is 28.8 Å². The number of carbonyl (C=O) groups is 2. The molecular formula is C31H37FN2O2S. The molecule has 0 radical (unpaired) electrons. The van der Waals surface area contributed by atoms with Crippen LogP contribution in [0.2, 0.25) is 0 Å². The van der Waals surface area contributed by atoms with Crippen molar-refractivity contribution in [1.82, 2.24) is 10.2 Å². The molecule has 6 heteroatoms. The highest BCUT2D eigenvalue weighted by Gasteiger charge is 2.30. The quantitative estimate of drug-likeness (QED) is 0.315. The van der Waals surface area contributed by atoms with Gasteiger partial charge in [0.15, 0.2) is 0 Å². The first-order valence-electron chi connectivity index (χ1n) is 12.7. The zero-order valence-corrected chi connectivity index (χ0v) is 23.0. The summed E-state index contributed by atoms with van der Waals surface area (Å²) in [6.45, 7) is 8.98. The van der Waals surface area contributed by atoms with Crippen LogP contribution < -0.4 is 5.32 Å². The van der Waals surface area contributed by atoms with Gasteiger partial charge in [0.25, 0.3) is 0 Å². The normalized spacial score (nSPS) is 11.8. The monoisotopic (exact) mass is 520 g/mol. The van der Waals surface area contributed by atoms with E-state index in [0.29, 0.717) is 18.7 Å². The number of carbonyl (C=O) groups excluding carboxylic acids is 2. The number of amides is 2. The lowest BCUT2D eigenvalue weighted by molar-refractivity contribution is -0.139. The van der Waals surface area contributed by atoms with E-state index in [4.69, 9.17) is 0 Å². The van der Waals surface area contributed by atoms with Gasteiger partial charge in [0.1, 0.15) is 11.9 Å². The lowest BCUT2D eigenvalue weighted by Gasteiger charge is -2.32.